The first-order valence-corrected chi connectivity index (χ1v) is 7.15. The van der Waals surface area contributed by atoms with E-state index in [0.717, 1.165) is 35.7 Å². The maximum absolute atomic E-state index is 12.8. The number of rotatable bonds is 5. The third kappa shape index (κ3) is 3.21. The molecule has 1 fully saturated rings. The van der Waals surface area contributed by atoms with Crippen molar-refractivity contribution >= 4 is 24.2 Å². The Balaban J connectivity index is 2.20. The van der Waals surface area contributed by atoms with E-state index >= 15 is 0 Å². The van der Waals surface area contributed by atoms with Crippen molar-refractivity contribution in [2.75, 3.05) is 20.3 Å². The summed E-state index contributed by atoms with van der Waals surface area (Å²) in [7, 11) is 1.99. The van der Waals surface area contributed by atoms with Crippen LogP contribution < -0.4 is 0 Å². The molecule has 0 saturated carbocycles. The van der Waals surface area contributed by atoms with Crippen LogP contribution in [0.1, 0.15) is 35.8 Å². The molecule has 1 aliphatic rings. The highest BCUT2D eigenvalue weighted by atomic mass is 32.2. The van der Waals surface area contributed by atoms with E-state index in [1.54, 1.807) is 0 Å². The van der Waals surface area contributed by atoms with Gasteiger partial charge < -0.3 is 9.64 Å². The number of hydrogen-bond donors (Lipinski definition) is 0. The molecule has 2 rings (SSSR count). The first-order chi connectivity index (χ1) is 9.67. The third-order valence-electron chi connectivity index (χ3n) is 3.50. The molecule has 0 atom stereocenters. The predicted octanol–water partition coefficient (Wildman–Crippen LogP) is 2.55. The molecule has 5 nitrogen and oxygen atoms in total. The number of allylic oxidation sites excluding steroid dienone is 1. The summed E-state index contributed by atoms with van der Waals surface area (Å²) in [6.07, 6.45) is 5.95. The van der Waals surface area contributed by atoms with E-state index in [-0.39, 0.29) is 12.3 Å². The zero-order chi connectivity index (χ0) is 14.5. The molecule has 1 aromatic rings. The highest BCUT2D eigenvalue weighted by molar-refractivity contribution is 7.92. The van der Waals surface area contributed by atoms with Crippen molar-refractivity contribution in [2.45, 2.75) is 25.8 Å². The van der Waals surface area contributed by atoms with Crippen molar-refractivity contribution in [2.24, 2.45) is 0 Å². The van der Waals surface area contributed by atoms with E-state index in [2.05, 4.69) is 10.00 Å². The summed E-state index contributed by atoms with van der Waals surface area (Å²) in [5.41, 5.74) is 1.71. The molecule has 1 aliphatic heterocycles. The van der Waals surface area contributed by atoms with Crippen LogP contribution in [0.4, 0.5) is 3.89 Å². The summed E-state index contributed by atoms with van der Waals surface area (Å²) in [5, 5.41) is 3.84. The number of carbonyl (C=O) groups excluding carboxylic acids is 1. The topological polar surface area (TPSA) is 47.4 Å². The average Bonchev–Trinajstić information content (AvgIpc) is 2.91. The SMILES string of the molecule is C/C(=C/N(C)C1CCOCC1)c1c(C=O)cnn1SF. The second-order valence-electron chi connectivity index (χ2n) is 4.83. The molecule has 0 bridgehead atoms. The fourth-order valence-electron chi connectivity index (χ4n) is 2.43. The van der Waals surface area contributed by atoms with Crippen molar-refractivity contribution in [3.8, 4) is 0 Å². The second kappa shape index (κ2) is 6.90. The molecular formula is C13H18FN3O2S. The van der Waals surface area contributed by atoms with Gasteiger partial charge in [0.15, 0.2) is 18.6 Å². The van der Waals surface area contributed by atoms with Crippen molar-refractivity contribution in [1.29, 1.82) is 0 Å². The van der Waals surface area contributed by atoms with E-state index in [1.807, 2.05) is 20.2 Å². The van der Waals surface area contributed by atoms with Gasteiger partial charge in [-0.05, 0) is 25.3 Å². The standard InChI is InChI=1S/C13H18FN3O2S/c1-10(8-16(2)12-3-5-19-6-4-12)13-11(9-18)7-15-17(13)20-14/h7-9,12H,3-6H2,1-2H3/b10-8-. The summed E-state index contributed by atoms with van der Waals surface area (Å²) < 4.78 is 19.3. The van der Waals surface area contributed by atoms with Crippen LogP contribution in [0.5, 0.6) is 0 Å². The molecule has 0 aromatic carbocycles. The number of hydrogen-bond acceptors (Lipinski definition) is 5. The number of aromatic nitrogens is 2. The van der Waals surface area contributed by atoms with Crippen LogP contribution in [-0.4, -0.2) is 46.7 Å². The van der Waals surface area contributed by atoms with Crippen LogP contribution in [0, 0.1) is 0 Å². The van der Waals surface area contributed by atoms with E-state index in [1.165, 1.54) is 6.20 Å². The Kier molecular flexibility index (Phi) is 5.19. The minimum atomic E-state index is -0.0101. The summed E-state index contributed by atoms with van der Waals surface area (Å²) in [5.74, 6) is 0. The average molecular weight is 299 g/mol. The number of nitrogens with zero attached hydrogens (tertiary/aromatic N) is 3. The van der Waals surface area contributed by atoms with E-state index in [0.29, 0.717) is 23.6 Å². The molecule has 110 valence electrons. The Labute approximate surface area is 122 Å². The highest BCUT2D eigenvalue weighted by Gasteiger charge is 2.18. The molecule has 0 N–H and O–H groups in total. The van der Waals surface area contributed by atoms with E-state index < -0.39 is 0 Å². The molecule has 1 saturated heterocycles. The van der Waals surface area contributed by atoms with Gasteiger partial charge >= 0.3 is 0 Å². The van der Waals surface area contributed by atoms with Gasteiger partial charge in [-0.3, -0.25) is 4.79 Å². The number of aldehydes is 1. The van der Waals surface area contributed by atoms with Crippen molar-refractivity contribution in [3.63, 3.8) is 0 Å². The van der Waals surface area contributed by atoms with Gasteiger partial charge in [-0.25, -0.2) is 0 Å². The van der Waals surface area contributed by atoms with Gasteiger partial charge in [0.1, 0.15) is 0 Å². The number of carbonyl (C=O) groups is 1. The quantitative estimate of drug-likeness (QED) is 0.782. The van der Waals surface area contributed by atoms with Gasteiger partial charge in [0, 0.05) is 32.5 Å². The highest BCUT2D eigenvalue weighted by Crippen LogP contribution is 2.24. The zero-order valence-corrected chi connectivity index (χ0v) is 12.4. The summed E-state index contributed by atoms with van der Waals surface area (Å²) >= 11 is -0.0101. The van der Waals surface area contributed by atoms with Gasteiger partial charge in [-0.1, -0.05) is 0 Å². The normalized spacial score (nSPS) is 17.2. The Morgan fingerprint density at radius 3 is 2.90 bits per heavy atom. The molecular weight excluding hydrogens is 281 g/mol. The molecule has 1 aromatic heterocycles. The zero-order valence-electron chi connectivity index (χ0n) is 11.6. The first-order valence-electron chi connectivity index (χ1n) is 6.48. The maximum Gasteiger partial charge on any atom is 0.188 e. The summed E-state index contributed by atoms with van der Waals surface area (Å²) in [4.78, 5) is 13.1. The molecule has 0 radical (unpaired) electrons. The molecule has 0 aliphatic carbocycles. The van der Waals surface area contributed by atoms with E-state index in [9.17, 15) is 8.68 Å². The molecule has 0 spiro atoms. The van der Waals surface area contributed by atoms with E-state index in [4.69, 9.17) is 4.74 Å². The fourth-order valence-corrected chi connectivity index (χ4v) is 2.83. The molecule has 2 heterocycles. The maximum atomic E-state index is 12.8. The van der Waals surface area contributed by atoms with Gasteiger partial charge in [0.2, 0.25) is 0 Å². The summed E-state index contributed by atoms with van der Waals surface area (Å²) in [6.45, 7) is 3.38. The van der Waals surface area contributed by atoms with Crippen LogP contribution in [0.3, 0.4) is 0 Å². The molecule has 0 amide bonds. The van der Waals surface area contributed by atoms with Gasteiger partial charge in [-0.2, -0.15) is 9.19 Å². The van der Waals surface area contributed by atoms with Gasteiger partial charge in [0.05, 0.1) is 17.5 Å². The Morgan fingerprint density at radius 2 is 2.30 bits per heavy atom. The van der Waals surface area contributed by atoms with Crippen molar-refractivity contribution in [3.05, 3.63) is 23.7 Å². The lowest BCUT2D eigenvalue weighted by Gasteiger charge is -2.30. The smallest absolute Gasteiger partial charge is 0.188 e. The van der Waals surface area contributed by atoms with Crippen molar-refractivity contribution in [1.82, 2.24) is 14.1 Å². The molecule has 20 heavy (non-hydrogen) atoms. The lowest BCUT2D eigenvalue weighted by atomic mass is 10.1. The molecule has 7 heteroatoms. The monoisotopic (exact) mass is 299 g/mol. The lowest BCUT2D eigenvalue weighted by molar-refractivity contribution is 0.0559. The second-order valence-corrected chi connectivity index (χ2v) is 5.31. The minimum absolute atomic E-state index is 0.0101. The Morgan fingerprint density at radius 1 is 1.60 bits per heavy atom. The predicted molar refractivity (Wildman–Crippen MR) is 77.0 cm³/mol. The number of halogens is 1. The van der Waals surface area contributed by atoms with Gasteiger partial charge in [-0.15, -0.1) is 3.89 Å². The van der Waals surface area contributed by atoms with Gasteiger partial charge in [0.25, 0.3) is 0 Å². The Hall–Kier alpha value is -1.34. The van der Waals surface area contributed by atoms with Crippen LogP contribution in [0.25, 0.3) is 5.57 Å². The molecule has 0 unspecified atom stereocenters. The van der Waals surface area contributed by atoms with Crippen LogP contribution in [-0.2, 0) is 4.74 Å². The lowest BCUT2D eigenvalue weighted by Crippen LogP contribution is -2.33. The fraction of sp³-hybridized carbons (Fsp3) is 0.538. The first kappa shape index (κ1) is 15.1. The largest absolute Gasteiger partial charge is 0.381 e. The van der Waals surface area contributed by atoms with Crippen LogP contribution in [0.2, 0.25) is 0 Å². The summed E-state index contributed by atoms with van der Waals surface area (Å²) in [6, 6.07) is 0.410. The Bertz CT molecular complexity index is 498. The van der Waals surface area contributed by atoms with Crippen molar-refractivity contribution < 1.29 is 13.4 Å². The number of ether oxygens (including phenoxy) is 1. The third-order valence-corrected chi connectivity index (χ3v) is 3.90. The van der Waals surface area contributed by atoms with Crippen LogP contribution >= 0.6 is 12.3 Å². The van der Waals surface area contributed by atoms with Crippen LogP contribution in [0.15, 0.2) is 12.4 Å². The minimum Gasteiger partial charge on any atom is -0.381 e.